The first-order valence-electron chi connectivity index (χ1n) is 6.41. The van der Waals surface area contributed by atoms with Crippen LogP contribution < -0.4 is 5.32 Å². The molecule has 0 saturated carbocycles. The smallest absolute Gasteiger partial charge is 0.00236 e. The fourth-order valence-corrected chi connectivity index (χ4v) is 1.15. The lowest BCUT2D eigenvalue weighted by molar-refractivity contribution is 0.445. The second-order valence-corrected chi connectivity index (χ2v) is 3.33. The van der Waals surface area contributed by atoms with Crippen LogP contribution in [0.1, 0.15) is 67.2 Å². The van der Waals surface area contributed by atoms with Crippen molar-refractivity contribution in [3.8, 4) is 0 Å². The van der Waals surface area contributed by atoms with Crippen LogP contribution >= 0.6 is 0 Å². The van der Waals surface area contributed by atoms with Gasteiger partial charge < -0.3 is 5.32 Å². The number of nitrogens with one attached hydrogen (secondary N) is 1. The molecule has 0 rings (SSSR count). The minimum atomic E-state index is 0.903. The maximum atomic E-state index is 3.20. The van der Waals surface area contributed by atoms with Crippen LogP contribution in [0.15, 0.2) is 0 Å². The van der Waals surface area contributed by atoms with Gasteiger partial charge >= 0.3 is 0 Å². The molecule has 0 aromatic carbocycles. The summed E-state index contributed by atoms with van der Waals surface area (Å²) in [5.74, 6) is 0.903. The fraction of sp³-hybridized carbons (Fsp3) is 1.00. The lowest BCUT2D eigenvalue weighted by Crippen LogP contribution is -2.17. The first-order valence-corrected chi connectivity index (χ1v) is 6.41. The van der Waals surface area contributed by atoms with Crippen molar-refractivity contribution in [2.24, 2.45) is 5.92 Å². The lowest BCUT2D eigenvalue weighted by atomic mass is 10.0. The van der Waals surface area contributed by atoms with Crippen LogP contribution in [0.4, 0.5) is 0 Å². The molecular formula is C13H33N. The van der Waals surface area contributed by atoms with E-state index >= 15 is 0 Å². The molecule has 0 spiro atoms. The highest BCUT2D eigenvalue weighted by molar-refractivity contribution is 4.57. The molecular weight excluding hydrogens is 170 g/mol. The Morgan fingerprint density at radius 1 is 1.00 bits per heavy atom. The van der Waals surface area contributed by atoms with E-state index in [-0.39, 0.29) is 0 Å². The van der Waals surface area contributed by atoms with Gasteiger partial charge in [0.05, 0.1) is 0 Å². The summed E-state index contributed by atoms with van der Waals surface area (Å²) in [4.78, 5) is 0. The molecule has 1 N–H and O–H groups in total. The Labute approximate surface area is 92.7 Å². The van der Waals surface area contributed by atoms with Crippen molar-refractivity contribution in [1.29, 1.82) is 0 Å². The predicted molar refractivity (Wildman–Crippen MR) is 69.9 cm³/mol. The molecule has 0 unspecified atom stereocenters. The lowest BCUT2D eigenvalue weighted by Gasteiger charge is -2.11. The molecule has 0 aromatic rings. The first kappa shape index (κ1) is 19.5. The summed E-state index contributed by atoms with van der Waals surface area (Å²) in [6.07, 6.45) is 5.26. The van der Waals surface area contributed by atoms with Crippen LogP contribution in [0.2, 0.25) is 0 Å². The number of rotatable bonds is 5. The molecule has 1 nitrogen and oxygen atoms in total. The van der Waals surface area contributed by atoms with Gasteiger partial charge in [-0.1, -0.05) is 60.8 Å². The Hall–Kier alpha value is -0.0400. The van der Waals surface area contributed by atoms with Crippen LogP contribution in [-0.2, 0) is 0 Å². The van der Waals surface area contributed by atoms with Crippen LogP contribution in [0.3, 0.4) is 0 Å². The normalized spacial score (nSPS) is 10.5. The van der Waals surface area contributed by atoms with Gasteiger partial charge in [-0.15, -0.1) is 0 Å². The molecule has 0 radical (unpaired) electrons. The van der Waals surface area contributed by atoms with Crippen molar-refractivity contribution in [3.63, 3.8) is 0 Å². The van der Waals surface area contributed by atoms with E-state index in [1.165, 1.54) is 32.2 Å². The van der Waals surface area contributed by atoms with Gasteiger partial charge in [0.15, 0.2) is 0 Å². The standard InChI is InChI=1S/C8H19N.C3H8.C2H6/c1-4-6-8(5-2)7-9-3;1-3-2;1-2/h8-9H,4-7H2,1-3H3;3H2,1-2H3;1-2H3/t8-;;/m1../s1. The third-order valence-electron chi connectivity index (χ3n) is 1.77. The summed E-state index contributed by atoms with van der Waals surface area (Å²) < 4.78 is 0. The van der Waals surface area contributed by atoms with Gasteiger partial charge in [0.2, 0.25) is 0 Å². The van der Waals surface area contributed by atoms with Gasteiger partial charge in [-0.3, -0.25) is 0 Å². The molecule has 1 heteroatoms. The summed E-state index contributed by atoms with van der Waals surface area (Å²) >= 11 is 0. The topological polar surface area (TPSA) is 12.0 Å². The van der Waals surface area contributed by atoms with Crippen molar-refractivity contribution in [1.82, 2.24) is 5.32 Å². The van der Waals surface area contributed by atoms with E-state index in [0.717, 1.165) is 5.92 Å². The molecule has 0 aliphatic heterocycles. The van der Waals surface area contributed by atoms with Gasteiger partial charge in [0, 0.05) is 0 Å². The van der Waals surface area contributed by atoms with Crippen LogP contribution in [0, 0.1) is 5.92 Å². The second-order valence-electron chi connectivity index (χ2n) is 3.33. The van der Waals surface area contributed by atoms with Crippen LogP contribution in [-0.4, -0.2) is 13.6 Å². The van der Waals surface area contributed by atoms with Gasteiger partial charge in [-0.25, -0.2) is 0 Å². The highest BCUT2D eigenvalue weighted by Crippen LogP contribution is 2.08. The Morgan fingerprint density at radius 3 is 1.64 bits per heavy atom. The molecule has 14 heavy (non-hydrogen) atoms. The minimum absolute atomic E-state index is 0.903. The van der Waals surface area contributed by atoms with Crippen molar-refractivity contribution < 1.29 is 0 Å². The Morgan fingerprint density at radius 2 is 1.43 bits per heavy atom. The van der Waals surface area contributed by atoms with Gasteiger partial charge in [0.25, 0.3) is 0 Å². The second kappa shape index (κ2) is 23.1. The van der Waals surface area contributed by atoms with E-state index in [1.807, 2.05) is 20.9 Å². The Kier molecular flexibility index (Phi) is 32.2. The first-order chi connectivity index (χ1) is 6.76. The SMILES string of the molecule is CC.CCC.CCC[C@@H](CC)CNC. The van der Waals surface area contributed by atoms with Gasteiger partial charge in [0.1, 0.15) is 0 Å². The fourth-order valence-electron chi connectivity index (χ4n) is 1.15. The summed E-state index contributed by atoms with van der Waals surface area (Å²) in [6.45, 7) is 13.9. The molecule has 0 saturated heterocycles. The summed E-state index contributed by atoms with van der Waals surface area (Å²) in [6, 6.07) is 0. The average molecular weight is 203 g/mol. The van der Waals surface area contributed by atoms with E-state index in [4.69, 9.17) is 0 Å². The van der Waals surface area contributed by atoms with Crippen molar-refractivity contribution in [3.05, 3.63) is 0 Å². The highest BCUT2D eigenvalue weighted by atomic mass is 14.8. The van der Waals surface area contributed by atoms with Gasteiger partial charge in [-0.05, 0) is 25.9 Å². The minimum Gasteiger partial charge on any atom is -0.319 e. The quantitative estimate of drug-likeness (QED) is 0.695. The molecule has 0 bridgehead atoms. The molecule has 0 aliphatic carbocycles. The zero-order chi connectivity index (χ0) is 11.8. The van der Waals surface area contributed by atoms with E-state index in [2.05, 4.69) is 33.0 Å². The summed E-state index contributed by atoms with van der Waals surface area (Å²) in [5, 5.41) is 3.20. The van der Waals surface area contributed by atoms with E-state index in [9.17, 15) is 0 Å². The van der Waals surface area contributed by atoms with E-state index in [1.54, 1.807) is 0 Å². The molecule has 90 valence electrons. The van der Waals surface area contributed by atoms with E-state index < -0.39 is 0 Å². The van der Waals surface area contributed by atoms with E-state index in [0.29, 0.717) is 0 Å². The Bertz CT molecular complexity index is 56.3. The average Bonchev–Trinajstić information content (AvgIpc) is 2.22. The van der Waals surface area contributed by atoms with Crippen molar-refractivity contribution >= 4 is 0 Å². The predicted octanol–water partition coefficient (Wildman–Crippen LogP) is 4.47. The summed E-state index contributed by atoms with van der Waals surface area (Å²) in [5.41, 5.74) is 0. The maximum Gasteiger partial charge on any atom is -0.00236 e. The molecule has 0 heterocycles. The Balaban J connectivity index is -0.000000205. The third-order valence-corrected chi connectivity index (χ3v) is 1.77. The monoisotopic (exact) mass is 203 g/mol. The van der Waals surface area contributed by atoms with Crippen LogP contribution in [0.5, 0.6) is 0 Å². The number of hydrogen-bond donors (Lipinski definition) is 1. The van der Waals surface area contributed by atoms with Crippen LogP contribution in [0.25, 0.3) is 0 Å². The molecule has 0 aromatic heterocycles. The highest BCUT2D eigenvalue weighted by Gasteiger charge is 2.01. The molecule has 0 fully saturated rings. The van der Waals surface area contributed by atoms with Crippen molar-refractivity contribution in [2.45, 2.75) is 67.2 Å². The third kappa shape index (κ3) is 22.7. The zero-order valence-electron chi connectivity index (χ0n) is 11.6. The molecule has 1 atom stereocenters. The maximum absolute atomic E-state index is 3.20. The summed E-state index contributed by atoms with van der Waals surface area (Å²) in [7, 11) is 2.03. The number of hydrogen-bond acceptors (Lipinski definition) is 1. The van der Waals surface area contributed by atoms with Gasteiger partial charge in [-0.2, -0.15) is 0 Å². The molecule has 0 amide bonds. The zero-order valence-corrected chi connectivity index (χ0v) is 11.6. The largest absolute Gasteiger partial charge is 0.319 e. The van der Waals surface area contributed by atoms with Crippen molar-refractivity contribution in [2.75, 3.05) is 13.6 Å². The molecule has 0 aliphatic rings.